The number of hydrogen-bond donors (Lipinski definition) is 1. The highest BCUT2D eigenvalue weighted by Crippen LogP contribution is 2.38. The van der Waals surface area contributed by atoms with Gasteiger partial charge < -0.3 is 4.98 Å². The van der Waals surface area contributed by atoms with Crippen molar-refractivity contribution in [3.8, 4) is 22.4 Å². The molecule has 2 aromatic carbocycles. The molecule has 0 saturated carbocycles. The molecule has 4 heteroatoms. The second-order valence-electron chi connectivity index (χ2n) is 6.00. The second kappa shape index (κ2) is 4.81. The van der Waals surface area contributed by atoms with Crippen molar-refractivity contribution >= 4 is 11.0 Å². The number of benzene rings is 2. The number of fused-ring (bicyclic) bond motifs is 2. The van der Waals surface area contributed by atoms with Gasteiger partial charge in [0.25, 0.3) is 0 Å². The molecule has 0 spiro atoms. The van der Waals surface area contributed by atoms with Crippen LogP contribution < -0.4 is 0 Å². The smallest absolute Gasteiger partial charge is 0.100 e. The van der Waals surface area contributed by atoms with Gasteiger partial charge >= 0.3 is 0 Å². The van der Waals surface area contributed by atoms with Crippen molar-refractivity contribution in [1.29, 1.82) is 0 Å². The highest BCUT2D eigenvalue weighted by molar-refractivity contribution is 5.88. The third-order valence-electron chi connectivity index (χ3n) is 4.60. The van der Waals surface area contributed by atoms with Gasteiger partial charge in [-0.15, -0.1) is 0 Å². The molecule has 2 aromatic heterocycles. The minimum Gasteiger partial charge on any atom is -0.345 e. The van der Waals surface area contributed by atoms with E-state index in [9.17, 15) is 0 Å². The molecule has 3 heterocycles. The van der Waals surface area contributed by atoms with Crippen LogP contribution in [0.4, 0.5) is 0 Å². The molecule has 0 bridgehead atoms. The molecular weight excluding hydrogens is 284 g/mol. The van der Waals surface area contributed by atoms with Gasteiger partial charge in [0.1, 0.15) is 5.69 Å². The molecule has 0 aliphatic carbocycles. The van der Waals surface area contributed by atoms with Crippen LogP contribution in [0.25, 0.3) is 33.4 Å². The Labute approximate surface area is 133 Å². The molecule has 0 saturated heterocycles. The first-order valence-electron chi connectivity index (χ1n) is 7.99. The number of aromatic amines is 1. The fraction of sp³-hybridized carbons (Fsp3) is 0.158. The van der Waals surface area contributed by atoms with E-state index in [4.69, 9.17) is 5.10 Å². The summed E-state index contributed by atoms with van der Waals surface area (Å²) in [6, 6.07) is 16.9. The van der Waals surface area contributed by atoms with Crippen molar-refractivity contribution in [2.75, 3.05) is 0 Å². The van der Waals surface area contributed by atoms with Crippen LogP contribution in [0.1, 0.15) is 12.1 Å². The predicted molar refractivity (Wildman–Crippen MR) is 91.1 cm³/mol. The molecule has 4 nitrogen and oxygen atoms in total. The Morgan fingerprint density at radius 1 is 1.00 bits per heavy atom. The van der Waals surface area contributed by atoms with Gasteiger partial charge in [-0.1, -0.05) is 36.4 Å². The first-order chi connectivity index (χ1) is 11.4. The molecule has 23 heavy (non-hydrogen) atoms. The zero-order valence-corrected chi connectivity index (χ0v) is 12.7. The zero-order valence-electron chi connectivity index (χ0n) is 12.7. The van der Waals surface area contributed by atoms with Crippen LogP contribution in [0.15, 0.2) is 54.9 Å². The van der Waals surface area contributed by atoms with Gasteiger partial charge in [0, 0.05) is 23.4 Å². The van der Waals surface area contributed by atoms with E-state index in [0.29, 0.717) is 0 Å². The molecule has 112 valence electrons. The van der Waals surface area contributed by atoms with E-state index < -0.39 is 0 Å². The van der Waals surface area contributed by atoms with Gasteiger partial charge in [-0.05, 0) is 30.5 Å². The van der Waals surface area contributed by atoms with Gasteiger partial charge in [-0.25, -0.2) is 4.98 Å². The minimum absolute atomic E-state index is 0.999. The highest BCUT2D eigenvalue weighted by atomic mass is 15.3. The monoisotopic (exact) mass is 300 g/mol. The lowest BCUT2D eigenvalue weighted by molar-refractivity contribution is 0.659. The summed E-state index contributed by atoms with van der Waals surface area (Å²) in [5, 5.41) is 4.90. The Morgan fingerprint density at radius 2 is 1.91 bits per heavy atom. The Bertz CT molecular complexity index is 995. The molecule has 5 rings (SSSR count). The average molecular weight is 300 g/mol. The summed E-state index contributed by atoms with van der Waals surface area (Å²) >= 11 is 0. The predicted octanol–water partition coefficient (Wildman–Crippen LogP) is 4.04. The summed E-state index contributed by atoms with van der Waals surface area (Å²) in [6.07, 6.45) is 4.02. The molecule has 0 fully saturated rings. The maximum Gasteiger partial charge on any atom is 0.100 e. The fourth-order valence-electron chi connectivity index (χ4n) is 3.52. The quantitative estimate of drug-likeness (QED) is 0.607. The van der Waals surface area contributed by atoms with E-state index in [1.54, 1.807) is 6.33 Å². The fourth-order valence-corrected chi connectivity index (χ4v) is 3.52. The minimum atomic E-state index is 0.999. The maximum atomic E-state index is 4.90. The van der Waals surface area contributed by atoms with Crippen LogP contribution >= 0.6 is 0 Å². The van der Waals surface area contributed by atoms with Crippen LogP contribution in [0.3, 0.4) is 0 Å². The van der Waals surface area contributed by atoms with Crippen LogP contribution in [0.5, 0.6) is 0 Å². The summed E-state index contributed by atoms with van der Waals surface area (Å²) in [4.78, 5) is 7.53. The first kappa shape index (κ1) is 12.6. The van der Waals surface area contributed by atoms with Crippen molar-refractivity contribution < 1.29 is 0 Å². The average Bonchev–Trinajstić information content (AvgIpc) is 3.30. The largest absolute Gasteiger partial charge is 0.345 e. The van der Waals surface area contributed by atoms with Crippen LogP contribution in [-0.2, 0) is 13.0 Å². The molecule has 4 aromatic rings. The van der Waals surface area contributed by atoms with E-state index in [1.165, 1.54) is 28.8 Å². The number of H-pyrrole nitrogens is 1. The number of imidazole rings is 1. The number of hydrogen-bond acceptors (Lipinski definition) is 2. The summed E-state index contributed by atoms with van der Waals surface area (Å²) < 4.78 is 2.18. The second-order valence-corrected chi connectivity index (χ2v) is 6.00. The number of nitrogens with zero attached hydrogens (tertiary/aromatic N) is 3. The van der Waals surface area contributed by atoms with Crippen molar-refractivity contribution in [3.05, 3.63) is 60.6 Å². The summed E-state index contributed by atoms with van der Waals surface area (Å²) in [7, 11) is 0. The van der Waals surface area contributed by atoms with E-state index >= 15 is 0 Å². The topological polar surface area (TPSA) is 46.5 Å². The third-order valence-corrected chi connectivity index (χ3v) is 4.60. The van der Waals surface area contributed by atoms with Crippen LogP contribution in [0, 0.1) is 0 Å². The lowest BCUT2D eigenvalue weighted by atomic mass is 9.97. The molecule has 1 aliphatic heterocycles. The van der Waals surface area contributed by atoms with E-state index in [-0.39, 0.29) is 0 Å². The number of nitrogens with one attached hydrogen (secondary N) is 1. The lowest BCUT2D eigenvalue weighted by Gasteiger charge is -2.06. The van der Waals surface area contributed by atoms with Gasteiger partial charge in [0.15, 0.2) is 0 Å². The molecule has 0 unspecified atom stereocenters. The number of rotatable bonds is 2. The van der Waals surface area contributed by atoms with Crippen molar-refractivity contribution in [2.24, 2.45) is 0 Å². The standard InChI is InChI=1S/C19H16N4/c1-2-5-13(6-3-1)19-18(17-7-4-10-23(17)22-19)14-8-9-15-16(11-14)21-12-20-15/h1-3,5-6,8-9,11-12H,4,7,10H2,(H,20,21). The number of aryl methyl sites for hydroxylation is 1. The van der Waals surface area contributed by atoms with E-state index in [2.05, 4.69) is 57.1 Å². The molecule has 0 amide bonds. The Balaban J connectivity index is 1.78. The molecule has 1 N–H and O–H groups in total. The molecule has 1 aliphatic rings. The lowest BCUT2D eigenvalue weighted by Crippen LogP contribution is -1.94. The van der Waals surface area contributed by atoms with E-state index in [0.717, 1.165) is 29.7 Å². The highest BCUT2D eigenvalue weighted by Gasteiger charge is 2.23. The van der Waals surface area contributed by atoms with Crippen molar-refractivity contribution in [3.63, 3.8) is 0 Å². The molecule has 0 radical (unpaired) electrons. The Hall–Kier alpha value is -2.88. The molecule has 0 atom stereocenters. The van der Waals surface area contributed by atoms with Gasteiger partial charge in [0.05, 0.1) is 17.4 Å². The first-order valence-corrected chi connectivity index (χ1v) is 7.99. The van der Waals surface area contributed by atoms with Gasteiger partial charge in [-0.2, -0.15) is 5.10 Å². The zero-order chi connectivity index (χ0) is 15.2. The SMILES string of the molecule is c1ccc(-c2nn3c(c2-c2ccc4nc[nH]c4c2)CCC3)cc1. The normalized spacial score (nSPS) is 13.6. The maximum absolute atomic E-state index is 4.90. The Kier molecular flexibility index (Phi) is 2.65. The van der Waals surface area contributed by atoms with Gasteiger partial charge in [0.2, 0.25) is 0 Å². The summed E-state index contributed by atoms with van der Waals surface area (Å²) in [5.41, 5.74) is 8.16. The van der Waals surface area contributed by atoms with Crippen LogP contribution in [-0.4, -0.2) is 19.7 Å². The van der Waals surface area contributed by atoms with Crippen LogP contribution in [0.2, 0.25) is 0 Å². The third kappa shape index (κ3) is 1.91. The van der Waals surface area contributed by atoms with E-state index in [1.807, 2.05) is 6.07 Å². The summed E-state index contributed by atoms with van der Waals surface area (Å²) in [6.45, 7) is 1.02. The Morgan fingerprint density at radius 3 is 2.83 bits per heavy atom. The number of aromatic nitrogens is 4. The summed E-state index contributed by atoms with van der Waals surface area (Å²) in [5.74, 6) is 0. The molecular formula is C19H16N4. The van der Waals surface area contributed by atoms with Gasteiger partial charge in [-0.3, -0.25) is 4.68 Å². The van der Waals surface area contributed by atoms with Crippen molar-refractivity contribution in [2.45, 2.75) is 19.4 Å². The van der Waals surface area contributed by atoms with Crippen molar-refractivity contribution in [1.82, 2.24) is 19.7 Å².